The summed E-state index contributed by atoms with van der Waals surface area (Å²) in [6, 6.07) is 4.29. The van der Waals surface area contributed by atoms with Gasteiger partial charge in [0, 0.05) is 28.8 Å². The van der Waals surface area contributed by atoms with Crippen LogP contribution in [-0.4, -0.2) is 9.91 Å². The quantitative estimate of drug-likeness (QED) is 0.679. The molecule has 0 unspecified atom stereocenters. The number of rotatable bonds is 4. The fourth-order valence-electron chi connectivity index (χ4n) is 1.56. The molecule has 0 radical (unpaired) electrons. The van der Waals surface area contributed by atoms with Crippen molar-refractivity contribution in [3.05, 3.63) is 62.2 Å². The van der Waals surface area contributed by atoms with Crippen molar-refractivity contribution in [2.45, 2.75) is 6.54 Å². The minimum atomic E-state index is -0.609. The Labute approximate surface area is 120 Å². The fraction of sp³-hybridized carbons (Fsp3) is 0.0833. The van der Waals surface area contributed by atoms with Crippen LogP contribution < -0.4 is 5.32 Å². The maximum absolute atomic E-state index is 13.4. The zero-order chi connectivity index (χ0) is 14.7. The number of nitrogens with one attached hydrogen (secondary N) is 1. The highest BCUT2D eigenvalue weighted by Crippen LogP contribution is 2.25. The van der Waals surface area contributed by atoms with Gasteiger partial charge in [0.05, 0.1) is 4.92 Å². The van der Waals surface area contributed by atoms with Crippen molar-refractivity contribution in [3.8, 4) is 0 Å². The van der Waals surface area contributed by atoms with Gasteiger partial charge in [-0.15, -0.1) is 0 Å². The summed E-state index contributed by atoms with van der Waals surface area (Å²) >= 11 is 3.08. The van der Waals surface area contributed by atoms with E-state index in [-0.39, 0.29) is 23.6 Å². The van der Waals surface area contributed by atoms with E-state index in [0.717, 1.165) is 18.2 Å². The fourth-order valence-corrected chi connectivity index (χ4v) is 1.88. The van der Waals surface area contributed by atoms with E-state index in [2.05, 4.69) is 26.2 Å². The van der Waals surface area contributed by atoms with E-state index < -0.39 is 16.6 Å². The number of hydrogen-bond donors (Lipinski definition) is 1. The van der Waals surface area contributed by atoms with Gasteiger partial charge >= 0.3 is 5.69 Å². The number of hydrogen-bond acceptors (Lipinski definition) is 4. The second-order valence-corrected chi connectivity index (χ2v) is 4.78. The highest BCUT2D eigenvalue weighted by atomic mass is 79.9. The number of pyridine rings is 1. The monoisotopic (exact) mass is 343 g/mol. The van der Waals surface area contributed by atoms with Crippen molar-refractivity contribution < 1.29 is 13.7 Å². The summed E-state index contributed by atoms with van der Waals surface area (Å²) < 4.78 is 26.9. The Balaban J connectivity index is 2.23. The lowest BCUT2D eigenvalue weighted by molar-refractivity contribution is -0.384. The summed E-state index contributed by atoms with van der Waals surface area (Å²) in [5.41, 5.74) is -0.194. The van der Waals surface area contributed by atoms with E-state index >= 15 is 0 Å². The number of anilines is 1. The van der Waals surface area contributed by atoms with E-state index in [0.29, 0.717) is 4.47 Å². The summed E-state index contributed by atoms with van der Waals surface area (Å²) in [5.74, 6) is -1.19. The molecular formula is C12H8BrF2N3O2. The first-order valence-electron chi connectivity index (χ1n) is 5.45. The second kappa shape index (κ2) is 5.91. The Bertz CT molecular complexity index is 667. The molecule has 0 aliphatic rings. The third kappa shape index (κ3) is 3.27. The van der Waals surface area contributed by atoms with Gasteiger partial charge in [0.15, 0.2) is 0 Å². The van der Waals surface area contributed by atoms with Gasteiger partial charge in [-0.3, -0.25) is 10.1 Å². The highest BCUT2D eigenvalue weighted by molar-refractivity contribution is 9.10. The van der Waals surface area contributed by atoms with Gasteiger partial charge < -0.3 is 5.32 Å². The van der Waals surface area contributed by atoms with Gasteiger partial charge in [0.1, 0.15) is 11.6 Å². The maximum atomic E-state index is 13.4. The lowest BCUT2D eigenvalue weighted by Gasteiger charge is -2.07. The Morgan fingerprint density at radius 1 is 1.35 bits per heavy atom. The number of aromatic nitrogens is 1. The van der Waals surface area contributed by atoms with Gasteiger partial charge in [-0.05, 0) is 34.1 Å². The second-order valence-electron chi connectivity index (χ2n) is 3.87. The van der Waals surface area contributed by atoms with Crippen molar-refractivity contribution >= 4 is 27.4 Å². The number of nitro groups is 1. The topological polar surface area (TPSA) is 68.1 Å². The molecule has 0 amide bonds. The Kier molecular flexibility index (Phi) is 4.23. The molecule has 5 nitrogen and oxygen atoms in total. The van der Waals surface area contributed by atoms with E-state index in [1.807, 2.05) is 0 Å². The predicted molar refractivity (Wildman–Crippen MR) is 72.3 cm³/mol. The Morgan fingerprint density at radius 2 is 2.10 bits per heavy atom. The van der Waals surface area contributed by atoms with Crippen molar-refractivity contribution in [2.24, 2.45) is 0 Å². The van der Waals surface area contributed by atoms with Gasteiger partial charge in [-0.1, -0.05) is 0 Å². The number of halogens is 3. The molecule has 0 fully saturated rings. The molecule has 8 heteroatoms. The lowest BCUT2D eigenvalue weighted by Crippen LogP contribution is -2.06. The van der Waals surface area contributed by atoms with Crippen LogP contribution in [0.3, 0.4) is 0 Å². The third-order valence-electron chi connectivity index (χ3n) is 2.48. The average molecular weight is 344 g/mol. The van der Waals surface area contributed by atoms with Crippen LogP contribution >= 0.6 is 15.9 Å². The molecule has 2 rings (SSSR count). The van der Waals surface area contributed by atoms with Crippen LogP contribution in [0.25, 0.3) is 0 Å². The van der Waals surface area contributed by atoms with Crippen molar-refractivity contribution in [2.75, 3.05) is 5.32 Å². The lowest BCUT2D eigenvalue weighted by atomic mass is 10.2. The molecule has 0 saturated carbocycles. The van der Waals surface area contributed by atoms with E-state index in [1.165, 1.54) is 12.3 Å². The summed E-state index contributed by atoms with van der Waals surface area (Å²) in [5, 5.41) is 13.5. The molecule has 0 atom stereocenters. The first-order valence-corrected chi connectivity index (χ1v) is 6.24. The zero-order valence-electron chi connectivity index (χ0n) is 9.94. The van der Waals surface area contributed by atoms with Gasteiger partial charge in [-0.25, -0.2) is 13.8 Å². The number of benzene rings is 1. The summed E-state index contributed by atoms with van der Waals surface area (Å²) in [6.45, 7) is -0.112. The van der Waals surface area contributed by atoms with Gasteiger partial charge in [0.2, 0.25) is 5.82 Å². The zero-order valence-corrected chi connectivity index (χ0v) is 11.5. The van der Waals surface area contributed by atoms with E-state index in [1.54, 1.807) is 0 Å². The van der Waals surface area contributed by atoms with Gasteiger partial charge in [0.25, 0.3) is 0 Å². The summed E-state index contributed by atoms with van der Waals surface area (Å²) in [7, 11) is 0. The van der Waals surface area contributed by atoms with Crippen LogP contribution in [0.4, 0.5) is 20.3 Å². The molecule has 1 heterocycles. The molecule has 0 aliphatic heterocycles. The molecule has 1 aromatic carbocycles. The average Bonchev–Trinajstić information content (AvgIpc) is 2.40. The van der Waals surface area contributed by atoms with Crippen LogP contribution in [0.1, 0.15) is 5.56 Å². The van der Waals surface area contributed by atoms with E-state index in [9.17, 15) is 18.9 Å². The summed E-state index contributed by atoms with van der Waals surface area (Å²) in [4.78, 5) is 14.1. The van der Waals surface area contributed by atoms with Gasteiger partial charge in [-0.2, -0.15) is 0 Å². The molecule has 0 saturated heterocycles. The SMILES string of the molecule is O=[N+]([O-])c1cc(Br)cnc1NCc1cc(F)ccc1F. The first-order chi connectivity index (χ1) is 9.47. The van der Waals surface area contributed by atoms with Crippen LogP contribution in [0.15, 0.2) is 34.9 Å². The van der Waals surface area contributed by atoms with Crippen molar-refractivity contribution in [1.29, 1.82) is 0 Å². The Morgan fingerprint density at radius 3 is 2.80 bits per heavy atom. The molecule has 1 N–H and O–H groups in total. The van der Waals surface area contributed by atoms with Crippen LogP contribution in [0.2, 0.25) is 0 Å². The maximum Gasteiger partial charge on any atom is 0.312 e. The Hall–Kier alpha value is -2.09. The van der Waals surface area contributed by atoms with Crippen LogP contribution in [-0.2, 0) is 6.54 Å². The van der Waals surface area contributed by atoms with Crippen molar-refractivity contribution in [1.82, 2.24) is 4.98 Å². The molecule has 20 heavy (non-hydrogen) atoms. The molecular weight excluding hydrogens is 336 g/mol. The highest BCUT2D eigenvalue weighted by Gasteiger charge is 2.16. The van der Waals surface area contributed by atoms with E-state index in [4.69, 9.17) is 0 Å². The predicted octanol–water partition coefficient (Wildman–Crippen LogP) is 3.64. The largest absolute Gasteiger partial charge is 0.360 e. The number of nitrogens with zero attached hydrogens (tertiary/aromatic N) is 2. The smallest absolute Gasteiger partial charge is 0.312 e. The minimum absolute atomic E-state index is 0.0122. The molecule has 1 aromatic heterocycles. The van der Waals surface area contributed by atoms with Crippen LogP contribution in [0, 0.1) is 21.7 Å². The third-order valence-corrected chi connectivity index (χ3v) is 2.92. The van der Waals surface area contributed by atoms with Crippen LogP contribution in [0.5, 0.6) is 0 Å². The minimum Gasteiger partial charge on any atom is -0.360 e. The first kappa shape index (κ1) is 14.3. The van der Waals surface area contributed by atoms with Crippen molar-refractivity contribution in [3.63, 3.8) is 0 Å². The normalized spacial score (nSPS) is 10.3. The molecule has 0 aliphatic carbocycles. The molecule has 104 valence electrons. The standard InChI is InChI=1S/C12H8BrF2N3O2/c13-8-4-11(18(19)20)12(17-6-8)16-5-7-3-9(14)1-2-10(7)15/h1-4,6H,5H2,(H,16,17). The molecule has 2 aromatic rings. The molecule has 0 bridgehead atoms. The summed E-state index contributed by atoms with van der Waals surface area (Å²) in [6.07, 6.45) is 1.37. The molecule has 0 spiro atoms.